The van der Waals surface area contributed by atoms with E-state index in [4.69, 9.17) is 0 Å². The molecule has 0 unspecified atom stereocenters. The lowest BCUT2D eigenvalue weighted by Gasteiger charge is -2.18. The first-order valence-corrected chi connectivity index (χ1v) is 4.26. The molecule has 2 atom stereocenters. The minimum atomic E-state index is -0.592. The van der Waals surface area contributed by atoms with E-state index in [1.807, 2.05) is 6.92 Å². The van der Waals surface area contributed by atoms with Crippen LogP contribution in [0.4, 0.5) is 4.39 Å². The van der Waals surface area contributed by atoms with Gasteiger partial charge in [-0.25, -0.2) is 4.39 Å². The summed E-state index contributed by atoms with van der Waals surface area (Å²) in [6.07, 6.45) is -0.592. The van der Waals surface area contributed by atoms with Gasteiger partial charge in [0.25, 0.3) is 0 Å². The molecule has 0 spiro atoms. The van der Waals surface area contributed by atoms with E-state index in [0.29, 0.717) is 0 Å². The maximum absolute atomic E-state index is 12.5. The fraction of sp³-hybridized carbons (Fsp3) is 0.400. The number of aliphatic hydroxyl groups is 1. The molecule has 2 N–H and O–H groups in total. The van der Waals surface area contributed by atoms with Crippen LogP contribution >= 0.6 is 0 Å². The van der Waals surface area contributed by atoms with Crippen molar-refractivity contribution in [2.45, 2.75) is 19.1 Å². The summed E-state index contributed by atoms with van der Waals surface area (Å²) >= 11 is 0. The monoisotopic (exact) mass is 183 g/mol. The number of aliphatic hydroxyl groups excluding tert-OH is 1. The van der Waals surface area contributed by atoms with Gasteiger partial charge >= 0.3 is 0 Å². The van der Waals surface area contributed by atoms with Crippen LogP contribution in [0.3, 0.4) is 0 Å². The lowest BCUT2D eigenvalue weighted by Crippen LogP contribution is -2.28. The van der Waals surface area contributed by atoms with Crippen molar-refractivity contribution in [1.82, 2.24) is 5.32 Å². The Bertz CT molecular complexity index is 260. The molecule has 0 amide bonds. The zero-order chi connectivity index (χ0) is 9.84. The molecule has 0 bridgehead atoms. The van der Waals surface area contributed by atoms with Crippen LogP contribution in [0.15, 0.2) is 24.3 Å². The molecule has 72 valence electrons. The van der Waals surface area contributed by atoms with E-state index in [-0.39, 0.29) is 11.9 Å². The lowest BCUT2D eigenvalue weighted by atomic mass is 10.0. The minimum Gasteiger partial charge on any atom is -0.387 e. The molecular formula is C10H14FNO. The van der Waals surface area contributed by atoms with Crippen molar-refractivity contribution in [3.05, 3.63) is 35.6 Å². The van der Waals surface area contributed by atoms with Crippen molar-refractivity contribution in [2.24, 2.45) is 0 Å². The average molecular weight is 183 g/mol. The number of likely N-dealkylation sites (N-methyl/N-ethyl adjacent to an activating group) is 1. The van der Waals surface area contributed by atoms with Crippen LogP contribution in [-0.4, -0.2) is 18.2 Å². The van der Waals surface area contributed by atoms with Crippen LogP contribution in [-0.2, 0) is 0 Å². The van der Waals surface area contributed by atoms with Gasteiger partial charge < -0.3 is 10.4 Å². The van der Waals surface area contributed by atoms with Crippen molar-refractivity contribution >= 4 is 0 Å². The summed E-state index contributed by atoms with van der Waals surface area (Å²) in [5.41, 5.74) is 0.725. The maximum Gasteiger partial charge on any atom is 0.123 e. The third kappa shape index (κ3) is 2.50. The van der Waals surface area contributed by atoms with Crippen LogP contribution in [0.2, 0.25) is 0 Å². The van der Waals surface area contributed by atoms with Crippen LogP contribution < -0.4 is 5.32 Å². The zero-order valence-corrected chi connectivity index (χ0v) is 7.79. The maximum atomic E-state index is 12.5. The Morgan fingerprint density at radius 1 is 1.31 bits per heavy atom. The molecule has 1 rings (SSSR count). The van der Waals surface area contributed by atoms with Gasteiger partial charge in [-0.15, -0.1) is 0 Å². The summed E-state index contributed by atoms with van der Waals surface area (Å²) in [5, 5.41) is 12.6. The number of nitrogens with one attached hydrogen (secondary N) is 1. The molecule has 3 heteroatoms. The molecule has 1 aromatic rings. The molecule has 0 aromatic heterocycles. The second-order valence-corrected chi connectivity index (χ2v) is 3.07. The van der Waals surface area contributed by atoms with E-state index in [1.54, 1.807) is 19.2 Å². The van der Waals surface area contributed by atoms with Crippen molar-refractivity contribution < 1.29 is 9.50 Å². The van der Waals surface area contributed by atoms with Gasteiger partial charge in [0, 0.05) is 6.04 Å². The first-order chi connectivity index (χ1) is 6.15. The summed E-state index contributed by atoms with van der Waals surface area (Å²) in [4.78, 5) is 0. The van der Waals surface area contributed by atoms with E-state index < -0.39 is 6.10 Å². The molecular weight excluding hydrogens is 169 g/mol. The Morgan fingerprint density at radius 2 is 1.85 bits per heavy atom. The van der Waals surface area contributed by atoms with E-state index in [1.165, 1.54) is 12.1 Å². The normalized spacial score (nSPS) is 15.4. The topological polar surface area (TPSA) is 32.3 Å². The predicted molar refractivity (Wildman–Crippen MR) is 49.9 cm³/mol. The first kappa shape index (κ1) is 10.2. The summed E-state index contributed by atoms with van der Waals surface area (Å²) in [6, 6.07) is 5.84. The molecule has 0 radical (unpaired) electrons. The smallest absolute Gasteiger partial charge is 0.123 e. The first-order valence-electron chi connectivity index (χ1n) is 4.26. The SMILES string of the molecule is CN[C@@H](C)[C@@H](O)c1ccc(F)cc1. The lowest BCUT2D eigenvalue weighted by molar-refractivity contribution is 0.140. The van der Waals surface area contributed by atoms with Gasteiger partial charge in [0.05, 0.1) is 6.10 Å². The number of halogens is 1. The molecule has 0 saturated carbocycles. The van der Waals surface area contributed by atoms with Crippen molar-refractivity contribution in [2.75, 3.05) is 7.05 Å². The van der Waals surface area contributed by atoms with E-state index in [2.05, 4.69) is 5.32 Å². The third-order valence-electron chi connectivity index (χ3n) is 2.14. The minimum absolute atomic E-state index is 0.0366. The van der Waals surface area contributed by atoms with E-state index in [0.717, 1.165) is 5.56 Å². The van der Waals surface area contributed by atoms with Crippen LogP contribution in [0.5, 0.6) is 0 Å². The number of benzene rings is 1. The Morgan fingerprint density at radius 3 is 2.31 bits per heavy atom. The van der Waals surface area contributed by atoms with Crippen molar-refractivity contribution in [1.29, 1.82) is 0 Å². The van der Waals surface area contributed by atoms with E-state index in [9.17, 15) is 9.50 Å². The summed E-state index contributed by atoms with van der Waals surface area (Å²) in [7, 11) is 1.78. The van der Waals surface area contributed by atoms with Gasteiger partial charge in [0.1, 0.15) is 5.82 Å². The van der Waals surface area contributed by atoms with Crippen LogP contribution in [0, 0.1) is 5.82 Å². The standard InChI is InChI=1S/C10H14FNO/c1-7(12-2)10(13)8-3-5-9(11)6-4-8/h3-7,10,12-13H,1-2H3/t7-,10+/m0/s1. The van der Waals surface area contributed by atoms with Crippen molar-refractivity contribution in [3.63, 3.8) is 0 Å². The Labute approximate surface area is 77.4 Å². The molecule has 2 nitrogen and oxygen atoms in total. The Kier molecular flexibility index (Phi) is 3.39. The van der Waals surface area contributed by atoms with E-state index >= 15 is 0 Å². The molecule has 0 saturated heterocycles. The van der Waals surface area contributed by atoms with Gasteiger partial charge in [0.15, 0.2) is 0 Å². The Hall–Kier alpha value is -0.930. The van der Waals surface area contributed by atoms with Gasteiger partial charge in [-0.1, -0.05) is 12.1 Å². The number of hydrogen-bond donors (Lipinski definition) is 2. The molecule has 0 heterocycles. The van der Waals surface area contributed by atoms with Crippen LogP contribution in [0.1, 0.15) is 18.6 Å². The number of hydrogen-bond acceptors (Lipinski definition) is 2. The fourth-order valence-corrected chi connectivity index (χ4v) is 1.11. The summed E-state index contributed by atoms with van der Waals surface area (Å²) in [6.45, 7) is 1.87. The molecule has 0 aliphatic rings. The number of rotatable bonds is 3. The quantitative estimate of drug-likeness (QED) is 0.743. The summed E-state index contributed by atoms with van der Waals surface area (Å²) in [5.74, 6) is -0.284. The fourth-order valence-electron chi connectivity index (χ4n) is 1.11. The third-order valence-corrected chi connectivity index (χ3v) is 2.14. The van der Waals surface area contributed by atoms with Gasteiger partial charge in [-0.2, -0.15) is 0 Å². The predicted octanol–water partition coefficient (Wildman–Crippen LogP) is 1.47. The highest BCUT2D eigenvalue weighted by molar-refractivity contribution is 5.19. The highest BCUT2D eigenvalue weighted by Crippen LogP contribution is 2.16. The van der Waals surface area contributed by atoms with Crippen LogP contribution in [0.25, 0.3) is 0 Å². The van der Waals surface area contributed by atoms with Crippen molar-refractivity contribution in [3.8, 4) is 0 Å². The van der Waals surface area contributed by atoms with Gasteiger partial charge in [-0.3, -0.25) is 0 Å². The highest BCUT2D eigenvalue weighted by atomic mass is 19.1. The second-order valence-electron chi connectivity index (χ2n) is 3.07. The second kappa shape index (κ2) is 4.35. The largest absolute Gasteiger partial charge is 0.387 e. The zero-order valence-electron chi connectivity index (χ0n) is 7.79. The van der Waals surface area contributed by atoms with Gasteiger partial charge in [-0.05, 0) is 31.7 Å². The summed E-state index contributed by atoms with van der Waals surface area (Å²) < 4.78 is 12.5. The molecule has 13 heavy (non-hydrogen) atoms. The average Bonchev–Trinajstić information content (AvgIpc) is 2.17. The molecule has 0 aliphatic heterocycles. The molecule has 1 aromatic carbocycles. The highest BCUT2D eigenvalue weighted by Gasteiger charge is 2.13. The molecule has 0 fully saturated rings. The van der Waals surface area contributed by atoms with Gasteiger partial charge in [0.2, 0.25) is 0 Å². The molecule has 0 aliphatic carbocycles. The Balaban J connectivity index is 2.77.